The second kappa shape index (κ2) is 9.48. The van der Waals surface area contributed by atoms with Crippen LogP contribution < -0.4 is 0 Å². The third kappa shape index (κ3) is 5.77. The van der Waals surface area contributed by atoms with Crippen LogP contribution in [0.5, 0.6) is 0 Å². The summed E-state index contributed by atoms with van der Waals surface area (Å²) in [6.07, 6.45) is 0. The van der Waals surface area contributed by atoms with Gasteiger partial charge in [0.2, 0.25) is 0 Å². The molecule has 0 saturated heterocycles. The number of hydrogen-bond acceptors (Lipinski definition) is 8. The maximum Gasteiger partial charge on any atom is 0.482 e. The third-order valence-corrected chi connectivity index (χ3v) is 3.52. The van der Waals surface area contributed by atoms with Gasteiger partial charge in [-0.2, -0.15) is 4.79 Å². The summed E-state index contributed by atoms with van der Waals surface area (Å²) < 4.78 is 9.64. The molecule has 0 N–H and O–H groups in total. The highest BCUT2D eigenvalue weighted by atomic mass is 16.6. The zero-order valence-corrected chi connectivity index (χ0v) is 14.6. The molecule has 0 spiro atoms. The van der Waals surface area contributed by atoms with E-state index < -0.39 is 27.5 Å². The Labute approximate surface area is 162 Å². The topological polar surface area (TPSA) is 175 Å². The van der Waals surface area contributed by atoms with Crippen molar-refractivity contribution in [2.24, 2.45) is 0 Å². The average molecular weight is 400 g/mol. The monoisotopic (exact) mass is 400 g/mol. The van der Waals surface area contributed by atoms with Crippen molar-refractivity contribution in [2.75, 3.05) is 0 Å². The molecule has 148 valence electrons. The minimum Gasteiger partial charge on any atom is -0.452 e. The average Bonchev–Trinajstić information content (AvgIpc) is 2.71. The van der Waals surface area contributed by atoms with E-state index in [1.807, 2.05) is 0 Å². The number of nitrogens with zero attached hydrogens (tertiary/aromatic N) is 4. The smallest absolute Gasteiger partial charge is 0.452 e. The molecule has 0 saturated carbocycles. The van der Waals surface area contributed by atoms with Crippen molar-refractivity contribution in [3.05, 3.63) is 85.4 Å². The van der Waals surface area contributed by atoms with Crippen LogP contribution in [0.15, 0.2) is 48.5 Å². The molecule has 0 heterocycles. The van der Waals surface area contributed by atoms with Crippen LogP contribution in [0.3, 0.4) is 0 Å². The fraction of sp³-hybridized carbons (Fsp3) is 0.118. The Morgan fingerprint density at radius 1 is 0.793 bits per heavy atom. The van der Waals surface area contributed by atoms with Gasteiger partial charge in [-0.3, -0.25) is 20.2 Å². The van der Waals surface area contributed by atoms with Gasteiger partial charge in [-0.25, -0.2) is 9.59 Å². The van der Waals surface area contributed by atoms with Gasteiger partial charge in [-0.15, -0.1) is 0 Å². The molecule has 2 aromatic rings. The number of ether oxygens (including phenoxy) is 2. The second-order valence-electron chi connectivity index (χ2n) is 5.45. The lowest BCUT2D eigenvalue weighted by Crippen LogP contribution is -2.29. The van der Waals surface area contributed by atoms with E-state index in [0.29, 0.717) is 11.1 Å². The standard InChI is InChI=1S/C17H12N4O8/c18-19-15(16(22)28-9-11-1-5-13(6-2-11)20(24)25)17(23)29-10-12-3-7-14(8-4-12)21(26)27/h1-8H,9-10H2. The summed E-state index contributed by atoms with van der Waals surface area (Å²) in [5, 5.41) is 21.2. The predicted molar refractivity (Wildman–Crippen MR) is 94.4 cm³/mol. The highest BCUT2D eigenvalue weighted by Gasteiger charge is 2.33. The Kier molecular flexibility index (Phi) is 6.82. The van der Waals surface area contributed by atoms with Crippen molar-refractivity contribution in [1.82, 2.24) is 0 Å². The molecule has 0 aliphatic rings. The van der Waals surface area contributed by atoms with Gasteiger partial charge in [-0.1, -0.05) is 0 Å². The number of esters is 2. The van der Waals surface area contributed by atoms with Crippen LogP contribution in [0, 0.1) is 20.2 Å². The zero-order chi connectivity index (χ0) is 21.4. The maximum atomic E-state index is 11.9. The number of carbonyl (C=O) groups is 2. The third-order valence-electron chi connectivity index (χ3n) is 3.52. The van der Waals surface area contributed by atoms with Crippen molar-refractivity contribution in [2.45, 2.75) is 13.2 Å². The van der Waals surface area contributed by atoms with Gasteiger partial charge in [0.1, 0.15) is 13.2 Å². The molecule has 0 atom stereocenters. The Balaban J connectivity index is 1.90. The molecule has 0 radical (unpaired) electrons. The normalized spacial score (nSPS) is 9.79. The number of hydrogen-bond donors (Lipinski definition) is 0. The van der Waals surface area contributed by atoms with E-state index in [1.165, 1.54) is 48.5 Å². The van der Waals surface area contributed by atoms with Crippen LogP contribution in [0.25, 0.3) is 5.53 Å². The lowest BCUT2D eigenvalue weighted by Gasteiger charge is -2.04. The molecule has 0 unspecified atom stereocenters. The molecular weight excluding hydrogens is 388 g/mol. The molecule has 0 fully saturated rings. The summed E-state index contributed by atoms with van der Waals surface area (Å²) in [5.74, 6) is -2.53. The van der Waals surface area contributed by atoms with Crippen molar-refractivity contribution in [1.29, 1.82) is 0 Å². The number of nitro groups is 2. The summed E-state index contributed by atoms with van der Waals surface area (Å²) in [6.45, 7) is -0.656. The Morgan fingerprint density at radius 2 is 1.14 bits per heavy atom. The summed E-state index contributed by atoms with van der Waals surface area (Å²) >= 11 is 0. The summed E-state index contributed by atoms with van der Waals surface area (Å²) in [5.41, 5.74) is 8.40. The molecule has 0 amide bonds. The van der Waals surface area contributed by atoms with Gasteiger partial charge in [0, 0.05) is 24.3 Å². The maximum absolute atomic E-state index is 11.9. The first kappa shape index (κ1) is 20.9. The van der Waals surface area contributed by atoms with E-state index >= 15 is 0 Å². The van der Waals surface area contributed by atoms with E-state index in [-0.39, 0.29) is 24.6 Å². The summed E-state index contributed by atoms with van der Waals surface area (Å²) in [6, 6.07) is 10.3. The minimum atomic E-state index is -1.26. The van der Waals surface area contributed by atoms with Crippen LogP contribution in [0.1, 0.15) is 11.1 Å². The van der Waals surface area contributed by atoms with Crippen LogP contribution in [0.2, 0.25) is 0 Å². The molecule has 0 bridgehead atoms. The number of rotatable bonds is 8. The molecule has 2 rings (SSSR count). The van der Waals surface area contributed by atoms with E-state index in [1.54, 1.807) is 0 Å². The Bertz CT molecular complexity index is 920. The molecule has 0 aromatic heterocycles. The van der Waals surface area contributed by atoms with Gasteiger partial charge in [-0.05, 0) is 35.4 Å². The van der Waals surface area contributed by atoms with Crippen LogP contribution >= 0.6 is 0 Å². The highest BCUT2D eigenvalue weighted by Crippen LogP contribution is 2.14. The lowest BCUT2D eigenvalue weighted by atomic mass is 10.2. The van der Waals surface area contributed by atoms with Crippen molar-refractivity contribution in [3.63, 3.8) is 0 Å². The number of nitro benzene ring substituents is 2. The molecule has 29 heavy (non-hydrogen) atoms. The molecule has 0 aliphatic carbocycles. The first-order valence-corrected chi connectivity index (χ1v) is 7.84. The van der Waals surface area contributed by atoms with Crippen LogP contribution in [0.4, 0.5) is 11.4 Å². The fourth-order valence-corrected chi connectivity index (χ4v) is 2.03. The number of non-ortho nitro benzene ring substituents is 2. The van der Waals surface area contributed by atoms with Gasteiger partial charge in [0.05, 0.1) is 9.85 Å². The first-order chi connectivity index (χ1) is 13.8. The zero-order valence-electron chi connectivity index (χ0n) is 14.6. The van der Waals surface area contributed by atoms with E-state index in [0.717, 1.165) is 0 Å². The lowest BCUT2D eigenvalue weighted by molar-refractivity contribution is -0.385. The van der Waals surface area contributed by atoms with Gasteiger partial charge < -0.3 is 15.0 Å². The molecule has 2 aromatic carbocycles. The van der Waals surface area contributed by atoms with Gasteiger partial charge >= 0.3 is 17.7 Å². The summed E-state index contributed by atoms with van der Waals surface area (Å²) in [7, 11) is 0. The number of benzene rings is 2. The van der Waals surface area contributed by atoms with Crippen molar-refractivity contribution >= 4 is 29.0 Å². The second-order valence-corrected chi connectivity index (χ2v) is 5.45. The predicted octanol–water partition coefficient (Wildman–Crippen LogP) is 1.96. The molecule has 12 nitrogen and oxygen atoms in total. The van der Waals surface area contributed by atoms with E-state index in [9.17, 15) is 29.8 Å². The van der Waals surface area contributed by atoms with Gasteiger partial charge in [0.15, 0.2) is 0 Å². The molecule has 12 heteroatoms. The Hall–Kier alpha value is -4.44. The van der Waals surface area contributed by atoms with E-state index in [2.05, 4.69) is 4.79 Å². The SMILES string of the molecule is [N-]=[N+]=C(C(=O)OCc1ccc([N+](=O)[O-])cc1)C(=O)OCc1ccc([N+](=O)[O-])cc1. The quantitative estimate of drug-likeness (QED) is 0.123. The van der Waals surface area contributed by atoms with Crippen molar-refractivity contribution in [3.8, 4) is 0 Å². The van der Waals surface area contributed by atoms with Crippen LogP contribution in [-0.2, 0) is 32.3 Å². The van der Waals surface area contributed by atoms with Crippen LogP contribution in [-0.4, -0.2) is 32.3 Å². The van der Waals surface area contributed by atoms with E-state index in [4.69, 9.17) is 15.0 Å². The Morgan fingerprint density at radius 3 is 1.41 bits per heavy atom. The summed E-state index contributed by atoms with van der Waals surface area (Å²) in [4.78, 5) is 46.4. The molecular formula is C17H12N4O8. The molecule has 0 aliphatic heterocycles. The largest absolute Gasteiger partial charge is 0.482 e. The van der Waals surface area contributed by atoms with Crippen molar-refractivity contribution < 1.29 is 33.7 Å². The first-order valence-electron chi connectivity index (χ1n) is 7.84. The van der Waals surface area contributed by atoms with Gasteiger partial charge in [0.25, 0.3) is 11.4 Å². The number of carbonyl (C=O) groups excluding carboxylic acids is 2. The highest BCUT2D eigenvalue weighted by molar-refractivity contribution is 6.60. The minimum absolute atomic E-state index is 0.146. The fourth-order valence-electron chi connectivity index (χ4n) is 2.03.